The van der Waals surface area contributed by atoms with Crippen molar-refractivity contribution in [3.8, 4) is 0 Å². The van der Waals surface area contributed by atoms with Gasteiger partial charge in [-0.2, -0.15) is 0 Å². The molecule has 1 aliphatic rings. The van der Waals surface area contributed by atoms with Crippen molar-refractivity contribution in [1.82, 2.24) is 0 Å². The monoisotopic (exact) mass is 100 g/mol. The first kappa shape index (κ1) is 4.59. The minimum atomic E-state index is 0.153. The number of rotatable bonds is 1. The van der Waals surface area contributed by atoms with Crippen molar-refractivity contribution < 1.29 is 4.74 Å². The zero-order valence-corrected chi connectivity index (χ0v) is 4.00. The molecule has 1 unspecified atom stereocenters. The largest absolute Gasteiger partial charge is 0.477 e. The van der Waals surface area contributed by atoms with Crippen LogP contribution in [0.15, 0.2) is 4.99 Å². The second kappa shape index (κ2) is 1.93. The summed E-state index contributed by atoms with van der Waals surface area (Å²) in [6.45, 7) is 1.30. The van der Waals surface area contributed by atoms with E-state index in [-0.39, 0.29) is 6.10 Å². The Bertz CT molecular complexity index is 73.8. The van der Waals surface area contributed by atoms with E-state index in [0.29, 0.717) is 6.54 Å². The van der Waals surface area contributed by atoms with Gasteiger partial charge >= 0.3 is 0 Å². The van der Waals surface area contributed by atoms with Gasteiger partial charge in [-0.3, -0.25) is 4.99 Å². The van der Waals surface area contributed by atoms with E-state index in [1.807, 2.05) is 0 Å². The van der Waals surface area contributed by atoms with Crippen LogP contribution in [0.4, 0.5) is 0 Å². The first-order valence-electron chi connectivity index (χ1n) is 2.27. The van der Waals surface area contributed by atoms with Crippen LogP contribution in [0.5, 0.6) is 0 Å². The Labute approximate surface area is 42.2 Å². The van der Waals surface area contributed by atoms with Crippen molar-refractivity contribution in [1.29, 1.82) is 0 Å². The molecule has 0 aromatic carbocycles. The zero-order chi connectivity index (χ0) is 5.11. The number of ether oxygens (including phenoxy) is 1. The van der Waals surface area contributed by atoms with E-state index in [1.54, 1.807) is 0 Å². The van der Waals surface area contributed by atoms with Gasteiger partial charge in [0.05, 0.1) is 6.54 Å². The maximum absolute atomic E-state index is 5.23. The van der Waals surface area contributed by atoms with Crippen LogP contribution in [0, 0.1) is 0 Å². The quantitative estimate of drug-likeness (QED) is 0.477. The highest BCUT2D eigenvalue weighted by Crippen LogP contribution is 1.93. The summed E-state index contributed by atoms with van der Waals surface area (Å²) in [7, 11) is 0. The molecular formula is C4H8N2O. The van der Waals surface area contributed by atoms with Crippen molar-refractivity contribution in [3.05, 3.63) is 0 Å². The van der Waals surface area contributed by atoms with E-state index < -0.39 is 0 Å². The highest BCUT2D eigenvalue weighted by molar-refractivity contribution is 5.48. The number of hydrogen-bond acceptors (Lipinski definition) is 3. The summed E-state index contributed by atoms with van der Waals surface area (Å²) in [5.74, 6) is 0. The van der Waals surface area contributed by atoms with Crippen LogP contribution in [-0.2, 0) is 4.74 Å². The second-order valence-electron chi connectivity index (χ2n) is 1.46. The van der Waals surface area contributed by atoms with Gasteiger partial charge in [0.25, 0.3) is 0 Å². The number of nitrogens with two attached hydrogens (primary N) is 1. The van der Waals surface area contributed by atoms with Gasteiger partial charge < -0.3 is 10.5 Å². The standard InChI is InChI=1S/C4H8N2O/c5-1-4-2-6-3-7-4/h3-4H,1-2,5H2. The van der Waals surface area contributed by atoms with E-state index in [0.717, 1.165) is 6.54 Å². The normalized spacial score (nSPS) is 27.9. The first-order valence-corrected chi connectivity index (χ1v) is 2.27. The summed E-state index contributed by atoms with van der Waals surface area (Å²) >= 11 is 0. The predicted molar refractivity (Wildman–Crippen MR) is 27.3 cm³/mol. The Morgan fingerprint density at radius 1 is 2.00 bits per heavy atom. The van der Waals surface area contributed by atoms with Gasteiger partial charge in [0.2, 0.25) is 0 Å². The Kier molecular flexibility index (Phi) is 1.26. The van der Waals surface area contributed by atoms with E-state index in [1.165, 1.54) is 6.40 Å². The number of hydrogen-bond donors (Lipinski definition) is 1. The molecule has 1 heterocycles. The third-order valence-electron chi connectivity index (χ3n) is 0.900. The lowest BCUT2D eigenvalue weighted by molar-refractivity contribution is 0.242. The molecule has 1 aliphatic heterocycles. The molecule has 3 heteroatoms. The molecule has 3 nitrogen and oxygen atoms in total. The van der Waals surface area contributed by atoms with Gasteiger partial charge in [-0.25, -0.2) is 0 Å². The molecule has 0 radical (unpaired) electrons. The van der Waals surface area contributed by atoms with Crippen LogP contribution in [0.2, 0.25) is 0 Å². The van der Waals surface area contributed by atoms with E-state index in [2.05, 4.69) is 4.99 Å². The molecule has 40 valence electrons. The zero-order valence-electron chi connectivity index (χ0n) is 4.00. The molecule has 1 atom stereocenters. The molecule has 7 heavy (non-hydrogen) atoms. The first-order chi connectivity index (χ1) is 3.43. The van der Waals surface area contributed by atoms with Crippen molar-refractivity contribution in [2.75, 3.05) is 13.1 Å². The smallest absolute Gasteiger partial charge is 0.170 e. The highest BCUT2D eigenvalue weighted by Gasteiger charge is 2.07. The minimum Gasteiger partial charge on any atom is -0.477 e. The second-order valence-corrected chi connectivity index (χ2v) is 1.46. The van der Waals surface area contributed by atoms with Crippen LogP contribution in [0.1, 0.15) is 0 Å². The van der Waals surface area contributed by atoms with Gasteiger partial charge in [0.15, 0.2) is 6.40 Å². The van der Waals surface area contributed by atoms with Gasteiger partial charge in [-0.15, -0.1) is 0 Å². The van der Waals surface area contributed by atoms with Gasteiger partial charge in [-0.1, -0.05) is 0 Å². The summed E-state index contributed by atoms with van der Waals surface area (Å²) in [5.41, 5.74) is 5.23. The summed E-state index contributed by atoms with van der Waals surface area (Å²) < 4.78 is 4.89. The third kappa shape index (κ3) is 0.899. The molecule has 0 spiro atoms. The molecular weight excluding hydrogens is 92.1 g/mol. The van der Waals surface area contributed by atoms with Crippen molar-refractivity contribution in [2.45, 2.75) is 6.10 Å². The fourth-order valence-corrected chi connectivity index (χ4v) is 0.463. The third-order valence-corrected chi connectivity index (χ3v) is 0.900. The average molecular weight is 100 g/mol. The lowest BCUT2D eigenvalue weighted by Crippen LogP contribution is -2.21. The Morgan fingerprint density at radius 2 is 2.86 bits per heavy atom. The van der Waals surface area contributed by atoms with E-state index in [9.17, 15) is 0 Å². The summed E-state index contributed by atoms with van der Waals surface area (Å²) in [6.07, 6.45) is 1.61. The molecule has 0 aromatic rings. The molecule has 0 bridgehead atoms. The van der Waals surface area contributed by atoms with E-state index >= 15 is 0 Å². The highest BCUT2D eigenvalue weighted by atomic mass is 16.5. The minimum absolute atomic E-state index is 0.153. The fourth-order valence-electron chi connectivity index (χ4n) is 0.463. The molecule has 1 rings (SSSR count). The van der Waals surface area contributed by atoms with Crippen LogP contribution in [0.25, 0.3) is 0 Å². The Balaban J connectivity index is 2.22. The predicted octanol–water partition coefficient (Wildman–Crippen LogP) is -0.628. The maximum atomic E-state index is 5.23. The van der Waals surface area contributed by atoms with Crippen LogP contribution in [-0.4, -0.2) is 25.6 Å². The molecule has 2 N–H and O–H groups in total. The van der Waals surface area contributed by atoms with Crippen molar-refractivity contribution in [2.24, 2.45) is 10.7 Å². The van der Waals surface area contributed by atoms with Crippen LogP contribution >= 0.6 is 0 Å². The number of nitrogens with zero attached hydrogens (tertiary/aromatic N) is 1. The fraction of sp³-hybridized carbons (Fsp3) is 0.750. The topological polar surface area (TPSA) is 47.6 Å². The van der Waals surface area contributed by atoms with Gasteiger partial charge in [0, 0.05) is 6.54 Å². The Morgan fingerprint density at radius 3 is 3.14 bits per heavy atom. The summed E-state index contributed by atoms with van der Waals surface area (Å²) in [5, 5.41) is 0. The average Bonchev–Trinajstić information content (AvgIpc) is 2.14. The SMILES string of the molecule is NCC1CN=CO1. The summed E-state index contributed by atoms with van der Waals surface area (Å²) in [4.78, 5) is 3.81. The van der Waals surface area contributed by atoms with Crippen molar-refractivity contribution >= 4 is 6.40 Å². The van der Waals surface area contributed by atoms with Crippen LogP contribution in [0.3, 0.4) is 0 Å². The van der Waals surface area contributed by atoms with Gasteiger partial charge in [-0.05, 0) is 0 Å². The lowest BCUT2D eigenvalue weighted by Gasteiger charge is -2.01. The van der Waals surface area contributed by atoms with Gasteiger partial charge in [0.1, 0.15) is 6.10 Å². The van der Waals surface area contributed by atoms with Crippen molar-refractivity contribution in [3.63, 3.8) is 0 Å². The molecule has 0 saturated heterocycles. The molecule has 0 aliphatic carbocycles. The maximum Gasteiger partial charge on any atom is 0.170 e. The lowest BCUT2D eigenvalue weighted by atomic mass is 10.4. The molecule has 0 aromatic heterocycles. The molecule has 0 fully saturated rings. The van der Waals surface area contributed by atoms with Crippen LogP contribution < -0.4 is 5.73 Å². The Hall–Kier alpha value is -0.570. The number of aliphatic imine (C=N–C) groups is 1. The molecule has 0 amide bonds. The molecule has 0 saturated carbocycles. The van der Waals surface area contributed by atoms with E-state index in [4.69, 9.17) is 10.5 Å². The summed E-state index contributed by atoms with van der Waals surface area (Å²) in [6, 6.07) is 0.